The Hall–Kier alpha value is -3.43. The fourth-order valence-electron chi connectivity index (χ4n) is 5.81. The average molecular weight is 667 g/mol. The summed E-state index contributed by atoms with van der Waals surface area (Å²) < 4.78 is 28.4. The molecule has 2 amide bonds. The zero-order valence-electron chi connectivity index (χ0n) is 25.2. The van der Waals surface area contributed by atoms with Gasteiger partial charge in [0.25, 0.3) is 0 Å². The minimum atomic E-state index is -4.03. The van der Waals surface area contributed by atoms with Crippen LogP contribution in [0.3, 0.4) is 0 Å². The SMILES string of the molecule is CN(CC(=O)N(Cc1ccc(Cl)c(Cl)c1)[C@@H](Cc1ccccc1)C(=O)NC1CCCCC1)S(=O)(=O)c1ccc2ccccc2c1. The maximum Gasteiger partial charge on any atom is 0.243 e. The van der Waals surface area contributed by atoms with Crippen LogP contribution in [-0.2, 0) is 32.6 Å². The van der Waals surface area contributed by atoms with Crippen molar-refractivity contribution in [3.63, 3.8) is 0 Å². The fourth-order valence-corrected chi connectivity index (χ4v) is 7.28. The molecule has 0 unspecified atom stereocenters. The van der Waals surface area contributed by atoms with Crippen molar-refractivity contribution in [3.05, 3.63) is 112 Å². The van der Waals surface area contributed by atoms with Crippen molar-refractivity contribution in [2.75, 3.05) is 13.6 Å². The van der Waals surface area contributed by atoms with Gasteiger partial charge in [-0.3, -0.25) is 9.59 Å². The lowest BCUT2D eigenvalue weighted by atomic mass is 9.94. The van der Waals surface area contributed by atoms with Crippen molar-refractivity contribution in [3.8, 4) is 0 Å². The first kappa shape index (κ1) is 32.9. The lowest BCUT2D eigenvalue weighted by Crippen LogP contribution is -2.54. The molecule has 7 nitrogen and oxygen atoms in total. The standard InChI is InChI=1S/C35H37Cl2N3O4S/c1-39(45(43,44)30-18-17-27-12-8-9-13-28(27)22-30)24-34(41)40(23-26-16-19-31(36)32(37)20-26)33(21-25-10-4-2-5-11-25)35(42)38-29-14-6-3-7-15-29/h2,4-5,8-13,16-20,22,29,33H,3,6-7,14-15,21,23-24H2,1H3,(H,38,42)/t33-/m0/s1. The van der Waals surface area contributed by atoms with E-state index >= 15 is 0 Å². The number of hydrogen-bond acceptors (Lipinski definition) is 4. The summed E-state index contributed by atoms with van der Waals surface area (Å²) in [7, 11) is -2.64. The Bertz CT molecular complexity index is 1760. The third-order valence-electron chi connectivity index (χ3n) is 8.35. The summed E-state index contributed by atoms with van der Waals surface area (Å²) in [5.74, 6) is -0.771. The van der Waals surface area contributed by atoms with Gasteiger partial charge in [-0.2, -0.15) is 4.31 Å². The van der Waals surface area contributed by atoms with Gasteiger partial charge in [0.15, 0.2) is 0 Å². The Balaban J connectivity index is 1.47. The summed E-state index contributed by atoms with van der Waals surface area (Å²) in [6.07, 6.45) is 5.25. The van der Waals surface area contributed by atoms with Crippen molar-refractivity contribution in [2.24, 2.45) is 0 Å². The molecule has 0 bridgehead atoms. The number of nitrogens with zero attached hydrogens (tertiary/aromatic N) is 2. The van der Waals surface area contributed by atoms with Crippen LogP contribution in [0, 0.1) is 0 Å². The Kier molecular flexibility index (Phi) is 10.8. The first-order valence-corrected chi connectivity index (χ1v) is 17.3. The third kappa shape index (κ3) is 8.24. The normalized spacial score (nSPS) is 14.8. The minimum Gasteiger partial charge on any atom is -0.352 e. The highest BCUT2D eigenvalue weighted by Crippen LogP contribution is 2.26. The molecule has 1 saturated carbocycles. The van der Waals surface area contributed by atoms with Crippen LogP contribution >= 0.6 is 23.2 Å². The number of likely N-dealkylation sites (N-methyl/N-ethyl adjacent to an activating group) is 1. The minimum absolute atomic E-state index is 0.0300. The van der Waals surface area contributed by atoms with Gasteiger partial charge in [0.05, 0.1) is 21.5 Å². The number of nitrogens with one attached hydrogen (secondary N) is 1. The summed E-state index contributed by atoms with van der Waals surface area (Å²) in [5, 5.41) is 5.58. The molecule has 0 radical (unpaired) electrons. The second kappa shape index (κ2) is 14.8. The topological polar surface area (TPSA) is 86.8 Å². The van der Waals surface area contributed by atoms with Gasteiger partial charge in [0.2, 0.25) is 21.8 Å². The second-order valence-corrected chi connectivity index (χ2v) is 14.4. The molecule has 1 fully saturated rings. The van der Waals surface area contributed by atoms with Gasteiger partial charge in [-0.05, 0) is 59.0 Å². The maximum absolute atomic E-state index is 14.2. The van der Waals surface area contributed by atoms with Gasteiger partial charge in [0, 0.05) is 26.1 Å². The molecule has 1 aliphatic carbocycles. The van der Waals surface area contributed by atoms with Crippen LogP contribution in [0.4, 0.5) is 0 Å². The highest BCUT2D eigenvalue weighted by molar-refractivity contribution is 7.89. The molecule has 5 rings (SSSR count). The van der Waals surface area contributed by atoms with Gasteiger partial charge in [-0.15, -0.1) is 0 Å². The van der Waals surface area contributed by atoms with E-state index in [2.05, 4.69) is 5.32 Å². The first-order valence-electron chi connectivity index (χ1n) is 15.1. The Morgan fingerprint density at radius 3 is 2.22 bits per heavy atom. The highest BCUT2D eigenvalue weighted by Gasteiger charge is 2.34. The van der Waals surface area contributed by atoms with Crippen LogP contribution in [0.5, 0.6) is 0 Å². The maximum atomic E-state index is 14.2. The van der Waals surface area contributed by atoms with Crippen molar-refractivity contribution in [1.82, 2.24) is 14.5 Å². The molecule has 0 aromatic heterocycles. The Morgan fingerprint density at radius 2 is 1.51 bits per heavy atom. The van der Waals surface area contributed by atoms with E-state index < -0.39 is 28.5 Å². The van der Waals surface area contributed by atoms with Gasteiger partial charge >= 0.3 is 0 Å². The zero-order chi connectivity index (χ0) is 32.0. The van der Waals surface area contributed by atoms with E-state index in [1.54, 1.807) is 36.4 Å². The Labute approximate surface area is 275 Å². The van der Waals surface area contributed by atoms with Gasteiger partial charge in [0.1, 0.15) is 6.04 Å². The van der Waals surface area contributed by atoms with E-state index in [4.69, 9.17) is 23.2 Å². The number of rotatable bonds is 11. The molecule has 1 atom stereocenters. The van der Waals surface area contributed by atoms with E-state index in [1.165, 1.54) is 11.9 Å². The van der Waals surface area contributed by atoms with Crippen LogP contribution in [-0.4, -0.2) is 55.1 Å². The molecular weight excluding hydrogens is 629 g/mol. The summed E-state index contributed by atoms with van der Waals surface area (Å²) >= 11 is 12.5. The molecule has 0 heterocycles. The smallest absolute Gasteiger partial charge is 0.243 e. The van der Waals surface area contributed by atoms with Crippen LogP contribution in [0.2, 0.25) is 10.0 Å². The van der Waals surface area contributed by atoms with Crippen molar-refractivity contribution < 1.29 is 18.0 Å². The predicted molar refractivity (Wildman–Crippen MR) is 180 cm³/mol. The van der Waals surface area contributed by atoms with E-state index in [0.29, 0.717) is 15.6 Å². The number of halogens is 2. The summed E-state index contributed by atoms with van der Waals surface area (Å²) in [4.78, 5) is 29.8. The quantitative estimate of drug-likeness (QED) is 0.190. The highest BCUT2D eigenvalue weighted by atomic mass is 35.5. The molecule has 4 aromatic carbocycles. The molecule has 10 heteroatoms. The number of fused-ring (bicyclic) bond motifs is 1. The molecule has 0 spiro atoms. The van der Waals surface area contributed by atoms with Crippen LogP contribution in [0.1, 0.15) is 43.2 Å². The van der Waals surface area contributed by atoms with E-state index in [-0.39, 0.29) is 29.8 Å². The summed E-state index contributed by atoms with van der Waals surface area (Å²) in [6, 6.07) is 26.1. The van der Waals surface area contributed by atoms with Crippen LogP contribution in [0.15, 0.2) is 95.9 Å². The van der Waals surface area contributed by atoms with Crippen LogP contribution in [0.25, 0.3) is 10.8 Å². The van der Waals surface area contributed by atoms with E-state index in [0.717, 1.165) is 52.7 Å². The molecular formula is C35H37Cl2N3O4S. The lowest BCUT2D eigenvalue weighted by molar-refractivity contribution is -0.141. The van der Waals surface area contributed by atoms with E-state index in [1.807, 2.05) is 54.6 Å². The fraction of sp³-hybridized carbons (Fsp3) is 0.314. The largest absolute Gasteiger partial charge is 0.352 e. The predicted octanol–water partition coefficient (Wildman–Crippen LogP) is 6.86. The number of carbonyl (C=O) groups is 2. The molecule has 0 saturated heterocycles. The van der Waals surface area contributed by atoms with E-state index in [9.17, 15) is 18.0 Å². The second-order valence-electron chi connectivity index (χ2n) is 11.6. The Morgan fingerprint density at radius 1 is 0.822 bits per heavy atom. The van der Waals surface area contributed by atoms with Crippen molar-refractivity contribution in [1.29, 1.82) is 0 Å². The number of hydrogen-bond donors (Lipinski definition) is 1. The van der Waals surface area contributed by atoms with Crippen molar-refractivity contribution in [2.45, 2.75) is 62.0 Å². The first-order chi connectivity index (χ1) is 21.6. The third-order valence-corrected chi connectivity index (χ3v) is 10.9. The molecule has 4 aromatic rings. The molecule has 236 valence electrons. The van der Waals surface area contributed by atoms with Crippen molar-refractivity contribution >= 4 is 55.8 Å². The average Bonchev–Trinajstić information content (AvgIpc) is 3.05. The lowest BCUT2D eigenvalue weighted by Gasteiger charge is -2.34. The molecule has 45 heavy (non-hydrogen) atoms. The monoisotopic (exact) mass is 665 g/mol. The number of sulfonamides is 1. The summed E-state index contributed by atoms with van der Waals surface area (Å²) in [5.41, 5.74) is 1.55. The van der Waals surface area contributed by atoms with Gasteiger partial charge in [-0.25, -0.2) is 8.42 Å². The zero-order valence-corrected chi connectivity index (χ0v) is 27.5. The number of benzene rings is 4. The molecule has 1 aliphatic rings. The van der Waals surface area contributed by atoms with Gasteiger partial charge in [-0.1, -0.05) is 109 Å². The van der Waals surface area contributed by atoms with Crippen LogP contribution < -0.4 is 5.32 Å². The van der Waals surface area contributed by atoms with Gasteiger partial charge < -0.3 is 10.2 Å². The number of carbonyl (C=O) groups excluding carboxylic acids is 2. The molecule has 0 aliphatic heterocycles. The number of amides is 2. The summed E-state index contributed by atoms with van der Waals surface area (Å²) in [6.45, 7) is -0.423. The molecule has 1 N–H and O–H groups in total.